The quantitative estimate of drug-likeness (QED) is 0.761. The number of carbonyl (C=O) groups excluding carboxylic acids is 1. The minimum absolute atomic E-state index is 0.0222. The van der Waals surface area contributed by atoms with Gasteiger partial charge in [0, 0.05) is 18.0 Å². The number of hydrogen-bond donors (Lipinski definition) is 3. The largest absolute Gasteiger partial charge is 0.383 e. The van der Waals surface area contributed by atoms with Gasteiger partial charge in [-0.2, -0.15) is 0 Å². The predicted octanol–water partition coefficient (Wildman–Crippen LogP) is 1.18. The lowest BCUT2D eigenvalue weighted by molar-refractivity contribution is -0.123. The molecule has 2 heterocycles. The van der Waals surface area contributed by atoms with Crippen LogP contribution in [0, 0.1) is 6.92 Å². The average molecular weight is 263 g/mol. The second-order valence-electron chi connectivity index (χ2n) is 5.23. The molecule has 0 aliphatic carbocycles. The van der Waals surface area contributed by atoms with E-state index >= 15 is 0 Å². The van der Waals surface area contributed by atoms with Crippen LogP contribution in [-0.2, 0) is 4.79 Å². The monoisotopic (exact) mass is 263 g/mol. The molecular weight excluding hydrogens is 242 g/mol. The number of carbonyl (C=O) groups is 1. The molecule has 1 atom stereocenters. The molecule has 1 aliphatic rings. The van der Waals surface area contributed by atoms with Gasteiger partial charge in [0.1, 0.15) is 23.5 Å². The standard InChI is InChI=1S/C13H21N5O/c1-7(2)11-17-10(14)8(3)12(18-11)16-9-5-4-6-15-13(9)19/h7,9H,4-6H2,1-3H3,(H,15,19)(H3,14,16,17,18). The minimum Gasteiger partial charge on any atom is -0.383 e. The zero-order chi connectivity index (χ0) is 14.0. The molecule has 19 heavy (non-hydrogen) atoms. The summed E-state index contributed by atoms with van der Waals surface area (Å²) in [5.74, 6) is 2.05. The van der Waals surface area contributed by atoms with E-state index in [1.54, 1.807) is 0 Å². The van der Waals surface area contributed by atoms with Gasteiger partial charge in [-0.3, -0.25) is 4.79 Å². The summed E-state index contributed by atoms with van der Waals surface area (Å²) in [5.41, 5.74) is 6.70. The number of hydrogen-bond acceptors (Lipinski definition) is 5. The number of anilines is 2. The second-order valence-corrected chi connectivity index (χ2v) is 5.23. The Balaban J connectivity index is 2.25. The van der Waals surface area contributed by atoms with Crippen LogP contribution in [0.3, 0.4) is 0 Å². The number of piperidine rings is 1. The van der Waals surface area contributed by atoms with Crippen LogP contribution in [0.25, 0.3) is 0 Å². The van der Waals surface area contributed by atoms with Crippen molar-refractivity contribution in [1.82, 2.24) is 15.3 Å². The second kappa shape index (κ2) is 5.42. The van der Waals surface area contributed by atoms with E-state index in [4.69, 9.17) is 5.73 Å². The summed E-state index contributed by atoms with van der Waals surface area (Å²) in [4.78, 5) is 20.5. The highest BCUT2D eigenvalue weighted by Crippen LogP contribution is 2.22. The molecule has 1 unspecified atom stereocenters. The molecule has 0 bridgehead atoms. The fourth-order valence-electron chi connectivity index (χ4n) is 2.03. The first-order valence-electron chi connectivity index (χ1n) is 6.67. The number of nitrogens with zero attached hydrogens (tertiary/aromatic N) is 2. The molecule has 2 rings (SSSR count). The van der Waals surface area contributed by atoms with Gasteiger partial charge < -0.3 is 16.4 Å². The van der Waals surface area contributed by atoms with Crippen molar-refractivity contribution >= 4 is 17.5 Å². The van der Waals surface area contributed by atoms with E-state index in [-0.39, 0.29) is 17.9 Å². The lowest BCUT2D eigenvalue weighted by Crippen LogP contribution is -2.44. The van der Waals surface area contributed by atoms with Crippen molar-refractivity contribution in [3.05, 3.63) is 11.4 Å². The highest BCUT2D eigenvalue weighted by molar-refractivity contribution is 5.85. The normalized spacial score (nSPS) is 19.4. The van der Waals surface area contributed by atoms with Crippen molar-refractivity contribution in [2.75, 3.05) is 17.6 Å². The van der Waals surface area contributed by atoms with Crippen LogP contribution in [0.2, 0.25) is 0 Å². The van der Waals surface area contributed by atoms with E-state index in [1.807, 2.05) is 20.8 Å². The maximum Gasteiger partial charge on any atom is 0.242 e. The van der Waals surface area contributed by atoms with Crippen LogP contribution in [0.15, 0.2) is 0 Å². The summed E-state index contributed by atoms with van der Waals surface area (Å²) in [6.07, 6.45) is 1.78. The van der Waals surface area contributed by atoms with E-state index in [0.29, 0.717) is 17.5 Å². The molecule has 0 saturated carbocycles. The fourth-order valence-corrected chi connectivity index (χ4v) is 2.03. The summed E-state index contributed by atoms with van der Waals surface area (Å²) in [5, 5.41) is 6.04. The number of aromatic nitrogens is 2. The Labute approximate surface area is 113 Å². The molecule has 0 spiro atoms. The third-order valence-electron chi connectivity index (χ3n) is 3.31. The van der Waals surface area contributed by atoms with Crippen LogP contribution < -0.4 is 16.4 Å². The molecule has 1 aromatic rings. The van der Waals surface area contributed by atoms with E-state index < -0.39 is 0 Å². The van der Waals surface area contributed by atoms with Crippen LogP contribution in [0.1, 0.15) is 44.0 Å². The zero-order valence-electron chi connectivity index (χ0n) is 11.7. The van der Waals surface area contributed by atoms with Gasteiger partial charge in [0.2, 0.25) is 5.91 Å². The molecule has 6 nitrogen and oxygen atoms in total. The third-order valence-corrected chi connectivity index (χ3v) is 3.31. The van der Waals surface area contributed by atoms with Crippen molar-refractivity contribution in [2.45, 2.75) is 45.6 Å². The Morgan fingerprint density at radius 3 is 2.79 bits per heavy atom. The number of nitrogens with one attached hydrogen (secondary N) is 2. The molecule has 1 fully saturated rings. The summed E-state index contributed by atoms with van der Waals surface area (Å²) in [6, 6.07) is -0.234. The Morgan fingerprint density at radius 2 is 2.16 bits per heavy atom. The molecule has 1 aromatic heterocycles. The maximum absolute atomic E-state index is 11.8. The SMILES string of the molecule is Cc1c(N)nc(C(C)C)nc1NC1CCCNC1=O. The summed E-state index contributed by atoms with van der Waals surface area (Å²) in [6.45, 7) is 6.64. The zero-order valence-corrected chi connectivity index (χ0v) is 11.7. The first kappa shape index (κ1) is 13.6. The van der Waals surface area contributed by atoms with Crippen molar-refractivity contribution in [3.63, 3.8) is 0 Å². The van der Waals surface area contributed by atoms with Gasteiger partial charge in [-0.15, -0.1) is 0 Å². The minimum atomic E-state index is -0.234. The molecule has 0 radical (unpaired) electrons. The first-order valence-corrected chi connectivity index (χ1v) is 6.67. The maximum atomic E-state index is 11.8. The molecule has 4 N–H and O–H groups in total. The van der Waals surface area contributed by atoms with Crippen LogP contribution in [-0.4, -0.2) is 28.5 Å². The molecule has 1 aliphatic heterocycles. The van der Waals surface area contributed by atoms with Crippen molar-refractivity contribution in [3.8, 4) is 0 Å². The predicted molar refractivity (Wildman–Crippen MR) is 74.9 cm³/mol. The summed E-state index contributed by atoms with van der Waals surface area (Å²) >= 11 is 0. The highest BCUT2D eigenvalue weighted by atomic mass is 16.2. The van der Waals surface area contributed by atoms with E-state index in [9.17, 15) is 4.79 Å². The highest BCUT2D eigenvalue weighted by Gasteiger charge is 2.23. The smallest absolute Gasteiger partial charge is 0.242 e. The van der Waals surface area contributed by atoms with Crippen molar-refractivity contribution in [1.29, 1.82) is 0 Å². The molecule has 1 saturated heterocycles. The Morgan fingerprint density at radius 1 is 1.42 bits per heavy atom. The molecule has 6 heteroatoms. The van der Waals surface area contributed by atoms with Gasteiger partial charge in [0.05, 0.1) is 0 Å². The Kier molecular flexibility index (Phi) is 3.87. The number of rotatable bonds is 3. The van der Waals surface area contributed by atoms with Gasteiger partial charge in [-0.1, -0.05) is 13.8 Å². The number of nitrogen functional groups attached to an aromatic ring is 1. The van der Waals surface area contributed by atoms with Crippen LogP contribution in [0.5, 0.6) is 0 Å². The third kappa shape index (κ3) is 2.94. The molecule has 1 amide bonds. The van der Waals surface area contributed by atoms with Gasteiger partial charge in [0.25, 0.3) is 0 Å². The van der Waals surface area contributed by atoms with Crippen LogP contribution >= 0.6 is 0 Å². The van der Waals surface area contributed by atoms with E-state index in [2.05, 4.69) is 20.6 Å². The molecule has 104 valence electrons. The van der Waals surface area contributed by atoms with Crippen molar-refractivity contribution in [2.24, 2.45) is 0 Å². The van der Waals surface area contributed by atoms with Gasteiger partial charge >= 0.3 is 0 Å². The average Bonchev–Trinajstić information content (AvgIpc) is 2.37. The lowest BCUT2D eigenvalue weighted by atomic mass is 10.1. The Hall–Kier alpha value is -1.85. The lowest BCUT2D eigenvalue weighted by Gasteiger charge is -2.24. The first-order chi connectivity index (χ1) is 8.99. The summed E-state index contributed by atoms with van der Waals surface area (Å²) < 4.78 is 0. The van der Waals surface area contributed by atoms with E-state index in [1.165, 1.54) is 0 Å². The van der Waals surface area contributed by atoms with E-state index in [0.717, 1.165) is 24.9 Å². The van der Waals surface area contributed by atoms with Crippen molar-refractivity contribution < 1.29 is 4.79 Å². The number of nitrogens with two attached hydrogens (primary N) is 1. The van der Waals surface area contributed by atoms with Gasteiger partial charge in [-0.05, 0) is 19.8 Å². The fraction of sp³-hybridized carbons (Fsp3) is 0.615. The molecular formula is C13H21N5O. The summed E-state index contributed by atoms with van der Waals surface area (Å²) in [7, 11) is 0. The van der Waals surface area contributed by atoms with Gasteiger partial charge in [0.15, 0.2) is 0 Å². The number of amides is 1. The molecule has 0 aromatic carbocycles. The van der Waals surface area contributed by atoms with Gasteiger partial charge in [-0.25, -0.2) is 9.97 Å². The topological polar surface area (TPSA) is 92.9 Å². The Bertz CT molecular complexity index is 486. The van der Waals surface area contributed by atoms with Crippen LogP contribution in [0.4, 0.5) is 11.6 Å².